The number of aromatic nitrogens is 4. The van der Waals surface area contributed by atoms with Crippen LogP contribution in [0.2, 0.25) is 0 Å². The van der Waals surface area contributed by atoms with E-state index in [0.29, 0.717) is 0 Å². The van der Waals surface area contributed by atoms with E-state index in [9.17, 15) is 0 Å². The minimum atomic E-state index is 0.939. The van der Waals surface area contributed by atoms with E-state index in [2.05, 4.69) is 61.7 Å². The van der Waals surface area contributed by atoms with Gasteiger partial charge in [-0.1, -0.05) is 0 Å². The molecule has 8 bridgehead atoms. The van der Waals surface area contributed by atoms with Crippen molar-refractivity contribution in [3.8, 4) is 0 Å². The predicted molar refractivity (Wildman–Crippen MR) is 123 cm³/mol. The number of rotatable bonds is 0. The van der Waals surface area contributed by atoms with E-state index in [0.717, 1.165) is 44.8 Å². The van der Waals surface area contributed by atoms with Crippen LogP contribution < -0.4 is 3.47 Å². The summed E-state index contributed by atoms with van der Waals surface area (Å²) < 4.78 is 1.51. The van der Waals surface area contributed by atoms with E-state index in [4.69, 9.17) is 0 Å². The van der Waals surface area contributed by atoms with Crippen molar-refractivity contribution in [2.75, 3.05) is 0 Å². The maximum atomic E-state index is 4.63. The van der Waals surface area contributed by atoms with Gasteiger partial charge in [0.05, 0.1) is 22.8 Å². The molecule has 2 aliphatic heterocycles. The Labute approximate surface area is 187 Å². The molecule has 0 unspecified atom stereocenters. The number of nitrogens with zero attached hydrogens (tertiary/aromatic N) is 2. The number of aromatic amines is 2. The summed E-state index contributed by atoms with van der Waals surface area (Å²) in [6.45, 7) is 0. The van der Waals surface area contributed by atoms with Gasteiger partial charge >= 0.3 is 50.6 Å². The van der Waals surface area contributed by atoms with Crippen molar-refractivity contribution < 1.29 is 18.3 Å². The van der Waals surface area contributed by atoms with Gasteiger partial charge in [0, 0.05) is 22.1 Å². The van der Waals surface area contributed by atoms with E-state index in [1.807, 2.05) is 59.9 Å². The van der Waals surface area contributed by atoms with Crippen molar-refractivity contribution in [2.45, 2.75) is 0 Å². The Bertz CT molecular complexity index is 1230. The summed E-state index contributed by atoms with van der Waals surface area (Å²) in [5.74, 6) is 0. The molecule has 6 heteroatoms. The number of H-pyrrole nitrogens is 2. The molecule has 4 aromatic rings. The summed E-state index contributed by atoms with van der Waals surface area (Å²) in [7, 11) is 0. The van der Waals surface area contributed by atoms with Gasteiger partial charge in [0.1, 0.15) is 0 Å². The molecule has 0 saturated carbocycles. The van der Waals surface area contributed by atoms with Crippen molar-refractivity contribution >= 4 is 61.2 Å². The molecule has 6 heterocycles. The van der Waals surface area contributed by atoms with Crippen molar-refractivity contribution in [2.24, 2.45) is 0 Å². The van der Waals surface area contributed by atoms with Gasteiger partial charge in [-0.05, 0) is 72.8 Å². The Morgan fingerprint density at radius 2 is 1.00 bits per heavy atom. The average molecular weight is 459 g/mol. The first-order chi connectivity index (χ1) is 14.7. The van der Waals surface area contributed by atoms with Crippen LogP contribution in [0.4, 0.5) is 0 Å². The molecule has 0 radical (unpaired) electrons. The predicted octanol–water partition coefficient (Wildman–Crippen LogP) is 5.58. The Morgan fingerprint density at radius 1 is 0.600 bits per heavy atom. The summed E-state index contributed by atoms with van der Waals surface area (Å²) in [6.07, 6.45) is 8.09. The molecule has 0 atom stereocenters. The van der Waals surface area contributed by atoms with Crippen molar-refractivity contribution in [1.29, 1.82) is 0 Å². The monoisotopic (exact) mass is 457 g/mol. The molecular weight excluding hydrogens is 442 g/mol. The number of nitrogens with one attached hydrogen (secondary N) is 2. The van der Waals surface area contributed by atoms with Crippen molar-refractivity contribution in [1.82, 2.24) is 19.9 Å². The topological polar surface area (TPSA) is 57.4 Å². The Hall–Kier alpha value is -3.08. The molecule has 141 valence electrons. The fraction of sp³-hybridized carbons (Fsp3) is 0. The van der Waals surface area contributed by atoms with Crippen LogP contribution in [-0.4, -0.2) is 19.9 Å². The van der Waals surface area contributed by atoms with Crippen LogP contribution in [0.15, 0.2) is 66.0 Å². The molecular formula is C24H17N4SZn. The van der Waals surface area contributed by atoms with Crippen molar-refractivity contribution in [3.05, 3.63) is 88.8 Å². The molecule has 0 spiro atoms. The van der Waals surface area contributed by atoms with Crippen LogP contribution in [0, 0.1) is 0 Å². The zero-order valence-corrected chi connectivity index (χ0v) is 20.0. The quantitative estimate of drug-likeness (QED) is 0.292. The van der Waals surface area contributed by atoms with E-state index in [-0.39, 0.29) is 0 Å². The molecule has 30 heavy (non-hydrogen) atoms. The third-order valence-corrected chi connectivity index (χ3v) is 6.90. The Balaban J connectivity index is 0.000000279. The summed E-state index contributed by atoms with van der Waals surface area (Å²) >= 11 is 3.14. The zero-order valence-electron chi connectivity index (χ0n) is 16.2. The summed E-state index contributed by atoms with van der Waals surface area (Å²) in [4.78, 5) is 16.0. The molecule has 0 aromatic carbocycles. The SMILES string of the molecule is C1=Cc2cc3ccc(cc4nc(cc5ccc(cc1n2)[nH]5)C=C4)[nH]3.[Zn][c]1cccs1. The molecule has 0 aliphatic carbocycles. The molecule has 6 rings (SSSR count). The van der Waals surface area contributed by atoms with Crippen LogP contribution in [0.5, 0.6) is 0 Å². The van der Waals surface area contributed by atoms with Gasteiger partial charge in [-0.15, -0.1) is 0 Å². The summed E-state index contributed by atoms with van der Waals surface area (Å²) in [5, 5.41) is 2.11. The van der Waals surface area contributed by atoms with Gasteiger partial charge in [0.2, 0.25) is 0 Å². The second-order valence-electron chi connectivity index (χ2n) is 6.98. The zero-order chi connectivity index (χ0) is 20.3. The normalized spacial score (nSPS) is 11.9. The molecule has 0 saturated heterocycles. The maximum absolute atomic E-state index is 4.63. The van der Waals surface area contributed by atoms with Gasteiger partial charge < -0.3 is 9.97 Å². The summed E-state index contributed by atoms with van der Waals surface area (Å²) in [5.41, 5.74) is 7.86. The van der Waals surface area contributed by atoms with Gasteiger partial charge in [0.15, 0.2) is 0 Å². The molecule has 0 amide bonds. The number of fused-ring (bicyclic) bond motifs is 8. The second-order valence-corrected chi connectivity index (χ2v) is 10.7. The molecule has 4 aromatic heterocycles. The molecule has 4 nitrogen and oxygen atoms in total. The Morgan fingerprint density at radius 3 is 1.27 bits per heavy atom. The third kappa shape index (κ3) is 4.56. The van der Waals surface area contributed by atoms with Crippen LogP contribution in [0.1, 0.15) is 22.8 Å². The van der Waals surface area contributed by atoms with Gasteiger partial charge in [-0.3, -0.25) is 0 Å². The average Bonchev–Trinajstić information content (AvgIpc) is 3.52. The molecule has 2 N–H and O–H groups in total. The van der Waals surface area contributed by atoms with E-state index in [1.54, 1.807) is 0 Å². The van der Waals surface area contributed by atoms with Crippen LogP contribution in [-0.2, 0) is 18.3 Å². The third-order valence-electron chi connectivity index (χ3n) is 4.62. The minimum absolute atomic E-state index is 0.939. The fourth-order valence-corrected chi connectivity index (χ4v) is 4.64. The standard InChI is InChI=1S/C20H14N4.C4H3S.Zn/c1-2-14-10-16-5-6-18(23-16)12-20-8-7-19(24-20)11-17-4-3-15(22-17)9-13(1)21-14;1-2-4-5-3-1;/h1-12,21,24H;1-3H;. The number of thiophene rings is 1. The second kappa shape index (κ2) is 8.35. The van der Waals surface area contributed by atoms with Crippen LogP contribution in [0.25, 0.3) is 46.4 Å². The van der Waals surface area contributed by atoms with E-state index >= 15 is 0 Å². The number of hydrogen-bond donors (Lipinski definition) is 2. The fourth-order valence-electron chi connectivity index (χ4n) is 3.26. The molecule has 2 aliphatic rings. The van der Waals surface area contributed by atoms with Gasteiger partial charge in [-0.2, -0.15) is 0 Å². The van der Waals surface area contributed by atoms with Gasteiger partial charge in [-0.25, -0.2) is 9.97 Å². The van der Waals surface area contributed by atoms with E-state index in [1.165, 1.54) is 21.8 Å². The van der Waals surface area contributed by atoms with Crippen LogP contribution >= 0.6 is 11.3 Å². The Kier molecular flexibility index (Phi) is 5.26. The molecule has 0 fully saturated rings. The first kappa shape index (κ1) is 18.9. The van der Waals surface area contributed by atoms with Crippen molar-refractivity contribution in [3.63, 3.8) is 0 Å². The first-order valence-electron chi connectivity index (χ1n) is 9.60. The van der Waals surface area contributed by atoms with Crippen LogP contribution in [0.3, 0.4) is 0 Å². The number of hydrogen-bond acceptors (Lipinski definition) is 3. The first-order valence-corrected chi connectivity index (χ1v) is 12.0. The van der Waals surface area contributed by atoms with Gasteiger partial charge in [0.25, 0.3) is 0 Å². The summed E-state index contributed by atoms with van der Waals surface area (Å²) in [6, 6.07) is 20.6. The van der Waals surface area contributed by atoms with E-state index < -0.39 is 0 Å².